The van der Waals surface area contributed by atoms with Gasteiger partial charge < -0.3 is 15.4 Å². The van der Waals surface area contributed by atoms with Gasteiger partial charge in [-0.25, -0.2) is 0 Å². The normalized spacial score (nSPS) is 10.3. The minimum atomic E-state index is -0.799. The number of carbonyl (C=O) groups excluding carboxylic acids is 1. The summed E-state index contributed by atoms with van der Waals surface area (Å²) < 4.78 is 0. The second kappa shape index (κ2) is 6.95. The summed E-state index contributed by atoms with van der Waals surface area (Å²) in [5.41, 5.74) is 0.577. The summed E-state index contributed by atoms with van der Waals surface area (Å²) in [5, 5.41) is 11.1. The quantitative estimate of drug-likeness (QED) is 0.648. The molecule has 0 spiro atoms. The van der Waals surface area contributed by atoms with Crippen LogP contribution in [-0.4, -0.2) is 28.5 Å². The van der Waals surface area contributed by atoms with E-state index in [4.69, 9.17) is 5.11 Å². The second-order valence-corrected chi connectivity index (χ2v) is 4.91. The van der Waals surface area contributed by atoms with E-state index >= 15 is 0 Å². The van der Waals surface area contributed by atoms with Crippen molar-refractivity contribution in [3.05, 3.63) is 20.2 Å². The standard InChI is InChI=1S/C11H16N2O4S/c1-7-9(18-11(17)13-7)10(16)12-6-4-2-3-5-8(14)15/h2-6H2,1H3,(H,12,16)(H,13,17)(H,14,15). The van der Waals surface area contributed by atoms with Gasteiger partial charge in [0, 0.05) is 18.7 Å². The minimum Gasteiger partial charge on any atom is -0.481 e. The highest BCUT2D eigenvalue weighted by molar-refractivity contribution is 7.11. The summed E-state index contributed by atoms with van der Waals surface area (Å²) in [7, 11) is 0. The van der Waals surface area contributed by atoms with Gasteiger partial charge in [-0.05, 0) is 19.8 Å². The van der Waals surface area contributed by atoms with Crippen LogP contribution >= 0.6 is 11.3 Å². The van der Waals surface area contributed by atoms with E-state index in [0.717, 1.165) is 24.2 Å². The second-order valence-electron chi connectivity index (χ2n) is 3.93. The fourth-order valence-electron chi connectivity index (χ4n) is 1.48. The van der Waals surface area contributed by atoms with Gasteiger partial charge in [0.2, 0.25) is 0 Å². The van der Waals surface area contributed by atoms with Crippen LogP contribution in [0.5, 0.6) is 0 Å². The molecule has 1 aromatic rings. The van der Waals surface area contributed by atoms with Crippen LogP contribution in [0, 0.1) is 6.92 Å². The topological polar surface area (TPSA) is 99.3 Å². The zero-order valence-electron chi connectivity index (χ0n) is 10.1. The first-order valence-corrected chi connectivity index (χ1v) is 6.52. The van der Waals surface area contributed by atoms with Crippen LogP contribution in [-0.2, 0) is 4.79 Å². The Labute approximate surface area is 108 Å². The Kier molecular flexibility index (Phi) is 5.57. The van der Waals surface area contributed by atoms with Crippen molar-refractivity contribution in [3.63, 3.8) is 0 Å². The fraction of sp³-hybridized carbons (Fsp3) is 0.545. The van der Waals surface area contributed by atoms with E-state index in [1.54, 1.807) is 6.92 Å². The Bertz CT molecular complexity index is 478. The molecule has 18 heavy (non-hydrogen) atoms. The van der Waals surface area contributed by atoms with Gasteiger partial charge in [0.1, 0.15) is 4.88 Å². The molecule has 0 aromatic carbocycles. The van der Waals surface area contributed by atoms with Crippen LogP contribution < -0.4 is 10.2 Å². The van der Waals surface area contributed by atoms with Gasteiger partial charge in [-0.2, -0.15) is 0 Å². The summed E-state index contributed by atoms with van der Waals surface area (Å²) in [6, 6.07) is 0. The molecule has 0 unspecified atom stereocenters. The lowest BCUT2D eigenvalue weighted by Gasteiger charge is -2.03. The molecule has 0 aliphatic rings. The highest BCUT2D eigenvalue weighted by atomic mass is 32.1. The number of aliphatic carboxylic acids is 1. The van der Waals surface area contributed by atoms with Gasteiger partial charge in [-0.15, -0.1) is 0 Å². The first-order valence-electron chi connectivity index (χ1n) is 5.70. The van der Waals surface area contributed by atoms with E-state index in [2.05, 4.69) is 10.3 Å². The third kappa shape index (κ3) is 4.70. The number of aryl methyl sites for hydroxylation is 1. The lowest BCUT2D eigenvalue weighted by atomic mass is 10.2. The first kappa shape index (κ1) is 14.4. The molecule has 100 valence electrons. The van der Waals surface area contributed by atoms with E-state index in [9.17, 15) is 14.4 Å². The van der Waals surface area contributed by atoms with E-state index in [0.29, 0.717) is 23.5 Å². The van der Waals surface area contributed by atoms with Crippen LogP contribution in [0.3, 0.4) is 0 Å². The number of hydrogen-bond acceptors (Lipinski definition) is 4. The average molecular weight is 272 g/mol. The number of aromatic amines is 1. The van der Waals surface area contributed by atoms with Gasteiger partial charge in [0.15, 0.2) is 0 Å². The number of carbonyl (C=O) groups is 2. The number of thiazole rings is 1. The molecule has 0 saturated carbocycles. The summed E-state index contributed by atoms with van der Waals surface area (Å²) >= 11 is 0.894. The maximum Gasteiger partial charge on any atom is 0.305 e. The number of carboxylic acid groups (broad SMARTS) is 1. The van der Waals surface area contributed by atoms with E-state index in [-0.39, 0.29) is 17.2 Å². The molecule has 1 heterocycles. The van der Waals surface area contributed by atoms with E-state index in [1.165, 1.54) is 0 Å². The van der Waals surface area contributed by atoms with Crippen molar-refractivity contribution in [2.24, 2.45) is 0 Å². The minimum absolute atomic E-state index is 0.159. The Morgan fingerprint density at radius 2 is 2.06 bits per heavy atom. The van der Waals surface area contributed by atoms with Crippen molar-refractivity contribution >= 4 is 23.2 Å². The van der Waals surface area contributed by atoms with Crippen molar-refractivity contribution in [3.8, 4) is 0 Å². The van der Waals surface area contributed by atoms with Gasteiger partial charge in [-0.3, -0.25) is 14.4 Å². The van der Waals surface area contributed by atoms with Crippen LogP contribution in [0.2, 0.25) is 0 Å². The molecule has 0 radical (unpaired) electrons. The fourth-order valence-corrected chi connectivity index (χ4v) is 2.24. The van der Waals surface area contributed by atoms with Crippen LogP contribution in [0.1, 0.15) is 41.0 Å². The molecule has 1 rings (SSSR count). The highest BCUT2D eigenvalue weighted by Gasteiger charge is 2.12. The summed E-state index contributed by atoms with van der Waals surface area (Å²) in [4.78, 5) is 35.7. The van der Waals surface area contributed by atoms with Gasteiger partial charge >= 0.3 is 10.8 Å². The zero-order chi connectivity index (χ0) is 13.5. The molecule has 0 saturated heterocycles. The highest BCUT2D eigenvalue weighted by Crippen LogP contribution is 2.07. The van der Waals surface area contributed by atoms with Crippen molar-refractivity contribution in [1.29, 1.82) is 0 Å². The largest absolute Gasteiger partial charge is 0.481 e. The van der Waals surface area contributed by atoms with Crippen LogP contribution in [0.25, 0.3) is 0 Å². The number of rotatable bonds is 7. The Balaban J connectivity index is 2.24. The van der Waals surface area contributed by atoms with Gasteiger partial charge in [0.05, 0.1) is 0 Å². The molecule has 0 atom stereocenters. The summed E-state index contributed by atoms with van der Waals surface area (Å²) in [6.07, 6.45) is 2.26. The third-order valence-electron chi connectivity index (χ3n) is 2.38. The first-order chi connectivity index (χ1) is 8.50. The maximum absolute atomic E-state index is 11.7. The van der Waals surface area contributed by atoms with Crippen LogP contribution in [0.4, 0.5) is 0 Å². The number of aromatic nitrogens is 1. The number of nitrogens with one attached hydrogen (secondary N) is 2. The maximum atomic E-state index is 11.7. The molecule has 1 amide bonds. The molecule has 1 aromatic heterocycles. The number of amides is 1. The van der Waals surface area contributed by atoms with Crippen molar-refractivity contribution < 1.29 is 14.7 Å². The number of unbranched alkanes of at least 4 members (excludes halogenated alkanes) is 2. The lowest BCUT2D eigenvalue weighted by molar-refractivity contribution is -0.137. The summed E-state index contributed by atoms with van der Waals surface area (Å²) in [6.45, 7) is 2.17. The molecule has 0 fully saturated rings. The SMILES string of the molecule is Cc1[nH]c(=O)sc1C(=O)NCCCCCC(=O)O. The van der Waals surface area contributed by atoms with Crippen molar-refractivity contribution in [2.75, 3.05) is 6.54 Å². The average Bonchev–Trinajstić information content (AvgIpc) is 2.62. The Morgan fingerprint density at radius 3 is 2.61 bits per heavy atom. The smallest absolute Gasteiger partial charge is 0.305 e. The van der Waals surface area contributed by atoms with E-state index in [1.807, 2.05) is 0 Å². The van der Waals surface area contributed by atoms with Crippen LogP contribution in [0.15, 0.2) is 4.79 Å². The van der Waals surface area contributed by atoms with Gasteiger partial charge in [-0.1, -0.05) is 17.8 Å². The molecule has 0 bridgehead atoms. The molecular weight excluding hydrogens is 256 g/mol. The van der Waals surface area contributed by atoms with Crippen molar-refractivity contribution in [2.45, 2.75) is 32.6 Å². The molecule has 3 N–H and O–H groups in total. The number of hydrogen-bond donors (Lipinski definition) is 3. The molecule has 6 nitrogen and oxygen atoms in total. The Hall–Kier alpha value is -1.63. The zero-order valence-corrected chi connectivity index (χ0v) is 10.9. The molecule has 7 heteroatoms. The molecule has 0 aliphatic heterocycles. The van der Waals surface area contributed by atoms with Crippen molar-refractivity contribution in [1.82, 2.24) is 10.3 Å². The number of carboxylic acids is 1. The molecular formula is C11H16N2O4S. The predicted octanol–water partition coefficient (Wildman–Crippen LogP) is 1.12. The van der Waals surface area contributed by atoms with E-state index < -0.39 is 5.97 Å². The lowest BCUT2D eigenvalue weighted by Crippen LogP contribution is -2.24. The monoisotopic (exact) mass is 272 g/mol. The van der Waals surface area contributed by atoms with Gasteiger partial charge in [0.25, 0.3) is 5.91 Å². The summed E-state index contributed by atoms with van der Waals surface area (Å²) in [5.74, 6) is -1.05. The third-order valence-corrected chi connectivity index (χ3v) is 3.37. The predicted molar refractivity (Wildman–Crippen MR) is 68.1 cm³/mol. The Morgan fingerprint density at radius 1 is 1.33 bits per heavy atom. The number of H-pyrrole nitrogens is 1. The molecule has 0 aliphatic carbocycles.